The zero-order valence-electron chi connectivity index (χ0n) is 37.2. The quantitative estimate of drug-likeness (QED) is 0.0945. The molecule has 342 valence electrons. The summed E-state index contributed by atoms with van der Waals surface area (Å²) in [7, 11) is -1.73. The Kier molecular flexibility index (Phi) is 14.0. The molecule has 1 atom stereocenters. The average Bonchev–Trinajstić information content (AvgIpc) is 3.78. The maximum absolute atomic E-state index is 15.0. The zero-order valence-corrected chi connectivity index (χ0v) is 37.2. The van der Waals surface area contributed by atoms with E-state index in [9.17, 15) is 13.2 Å². The molecule has 2 heterocycles. The Morgan fingerprint density at radius 2 is 1.20 bits per heavy atom. The highest BCUT2D eigenvalue weighted by Gasteiger charge is 2.57. The maximum Gasteiger partial charge on any atom is 0.598 e. The second-order valence-corrected chi connectivity index (χ2v) is 18.5. The van der Waals surface area contributed by atoms with Crippen molar-refractivity contribution in [3.8, 4) is 22.4 Å². The lowest BCUT2D eigenvalue weighted by Gasteiger charge is -2.28. The van der Waals surface area contributed by atoms with Crippen LogP contribution in [0.15, 0.2) is 103 Å². The first-order valence-corrected chi connectivity index (χ1v) is 21.3. The van der Waals surface area contributed by atoms with Crippen molar-refractivity contribution >= 4 is 18.5 Å². The molecule has 1 aromatic heterocycles. The molecule has 0 spiro atoms. The molecule has 1 unspecified atom stereocenters. The minimum atomic E-state index is -5.75. The second-order valence-electron chi connectivity index (χ2n) is 18.5. The summed E-state index contributed by atoms with van der Waals surface area (Å²) in [5.74, 6) is -3.84. The van der Waals surface area contributed by atoms with Crippen molar-refractivity contribution in [3.63, 3.8) is 0 Å². The number of alkyl halides is 9. The van der Waals surface area contributed by atoms with Gasteiger partial charge in [0.05, 0.1) is 12.5 Å². The molecule has 5 aromatic rings. The van der Waals surface area contributed by atoms with Crippen LogP contribution in [-0.4, -0.2) is 43.5 Å². The Morgan fingerprint density at radius 1 is 0.672 bits per heavy atom. The van der Waals surface area contributed by atoms with Crippen molar-refractivity contribution < 1.29 is 48.8 Å². The van der Waals surface area contributed by atoms with Crippen molar-refractivity contribution in [1.82, 2.24) is 9.79 Å². The van der Waals surface area contributed by atoms with Gasteiger partial charge in [0, 0.05) is 47.0 Å². The van der Waals surface area contributed by atoms with Gasteiger partial charge >= 0.3 is 25.8 Å². The van der Waals surface area contributed by atoms with Crippen LogP contribution < -0.4 is 5.32 Å². The van der Waals surface area contributed by atoms with Gasteiger partial charge in [-0.25, -0.2) is 0 Å². The first-order chi connectivity index (χ1) is 29.8. The molecule has 4 nitrogen and oxygen atoms in total. The molecule has 6 rings (SSSR count). The van der Waals surface area contributed by atoms with Crippen LogP contribution in [0, 0.1) is 12.8 Å². The van der Waals surface area contributed by atoms with E-state index < -0.39 is 57.2 Å². The van der Waals surface area contributed by atoms with E-state index in [4.69, 9.17) is 9.31 Å². The maximum atomic E-state index is 15.0. The summed E-state index contributed by atoms with van der Waals surface area (Å²) >= 11 is 0. The third-order valence-corrected chi connectivity index (χ3v) is 11.5. The summed E-state index contributed by atoms with van der Waals surface area (Å²) in [5, 5.41) is 3.35. The zero-order chi connectivity index (χ0) is 47.0. The smallest absolute Gasteiger partial charge is 0.392 e. The first kappa shape index (κ1) is 48.5. The van der Waals surface area contributed by atoms with E-state index in [1.807, 2.05) is 97.0 Å². The van der Waals surface area contributed by atoms with Crippen LogP contribution in [0.4, 0.5) is 39.5 Å². The molecule has 0 bridgehead atoms. The number of aromatic nitrogens is 1. The van der Waals surface area contributed by atoms with Crippen LogP contribution >= 0.6 is 0 Å². The van der Waals surface area contributed by atoms with Crippen LogP contribution in [-0.2, 0) is 20.1 Å². The van der Waals surface area contributed by atoms with Crippen LogP contribution in [0.25, 0.3) is 33.7 Å². The fourth-order valence-electron chi connectivity index (χ4n) is 7.96. The largest absolute Gasteiger partial charge is 0.598 e. The van der Waals surface area contributed by atoms with Crippen LogP contribution in [0.3, 0.4) is 0 Å². The number of benzene rings is 4. The normalized spacial score (nSPS) is 15.7. The highest BCUT2D eigenvalue weighted by molar-refractivity contribution is 6.44. The molecule has 0 amide bonds. The molecule has 0 radical (unpaired) electrons. The molecule has 1 aliphatic rings. The van der Waals surface area contributed by atoms with E-state index in [1.54, 1.807) is 61.5 Å². The van der Waals surface area contributed by atoms with Gasteiger partial charge in [-0.1, -0.05) is 151 Å². The lowest BCUT2D eigenvalue weighted by molar-refractivity contribution is -0.282. The summed E-state index contributed by atoms with van der Waals surface area (Å²) in [4.78, 5) is 0. The summed E-state index contributed by atoms with van der Waals surface area (Å²) in [6, 6.07) is 29.6. The molecule has 0 aliphatic carbocycles. The Bertz CT molecular complexity index is 2390. The highest BCUT2D eigenvalue weighted by Crippen LogP contribution is 2.51. The number of aryl methyl sites for hydroxylation is 1. The number of hydrogen-bond donors (Lipinski definition) is 1. The fourth-order valence-corrected chi connectivity index (χ4v) is 7.96. The van der Waals surface area contributed by atoms with E-state index >= 15 is 26.3 Å². The minimum absolute atomic E-state index is 0.00532. The van der Waals surface area contributed by atoms with Gasteiger partial charge in [0.25, 0.3) is 0 Å². The molecular formula is C50H54BF9N2O2. The number of hydrogen-bond acceptors (Lipinski definition) is 3. The summed E-state index contributed by atoms with van der Waals surface area (Å²) in [6.45, 7) is 14.7. The van der Waals surface area contributed by atoms with Gasteiger partial charge in [0.1, 0.15) is 0 Å². The van der Waals surface area contributed by atoms with Crippen molar-refractivity contribution in [2.45, 2.75) is 110 Å². The molecule has 1 N–H and O–H groups in total. The van der Waals surface area contributed by atoms with Crippen LogP contribution in [0.5, 0.6) is 0 Å². The Labute approximate surface area is 370 Å². The highest BCUT2D eigenvalue weighted by atomic mass is 19.4. The topological polar surface area (TPSA) is 35.4 Å². The van der Waals surface area contributed by atoms with Crippen LogP contribution in [0.1, 0.15) is 113 Å². The van der Waals surface area contributed by atoms with E-state index in [2.05, 4.69) is 5.32 Å². The van der Waals surface area contributed by atoms with E-state index in [0.717, 1.165) is 16.7 Å². The Hall–Kier alpha value is -4.95. The minimum Gasteiger partial charge on any atom is -0.392 e. The molecule has 0 saturated carbocycles. The summed E-state index contributed by atoms with van der Waals surface area (Å²) in [5.41, 5.74) is 4.74. The lowest BCUT2D eigenvalue weighted by atomic mass is 9.85. The van der Waals surface area contributed by atoms with Crippen molar-refractivity contribution in [2.75, 3.05) is 13.2 Å². The Balaban J connectivity index is 1.79. The van der Waals surface area contributed by atoms with Crippen LogP contribution in [0.2, 0.25) is 0 Å². The van der Waals surface area contributed by atoms with Gasteiger partial charge in [-0.15, -0.1) is 0 Å². The number of allylic oxidation sites excluding steroid dienone is 1. The van der Waals surface area contributed by atoms with Gasteiger partial charge in [-0.3, -0.25) is 0 Å². The number of nitrogens with one attached hydrogen (secondary N) is 1. The third kappa shape index (κ3) is 11.1. The second kappa shape index (κ2) is 18.5. The first-order valence-electron chi connectivity index (χ1n) is 21.3. The average molecular weight is 897 g/mol. The van der Waals surface area contributed by atoms with Crippen molar-refractivity contribution in [3.05, 3.63) is 142 Å². The molecule has 1 aliphatic heterocycles. The van der Waals surface area contributed by atoms with Gasteiger partial charge in [-0.2, -0.15) is 39.5 Å². The molecule has 14 heteroatoms. The number of fused-ring (bicyclic) bond motifs is 1. The molecule has 4 aromatic carbocycles. The molecular weight excluding hydrogens is 842 g/mol. The lowest BCUT2D eigenvalue weighted by Crippen LogP contribution is -2.38. The van der Waals surface area contributed by atoms with E-state index in [1.165, 1.54) is 4.48 Å². The third-order valence-electron chi connectivity index (χ3n) is 11.5. The summed E-state index contributed by atoms with van der Waals surface area (Å²) in [6.07, 6.45) is -18.8. The Morgan fingerprint density at radius 3 is 1.72 bits per heavy atom. The predicted octanol–water partition coefficient (Wildman–Crippen LogP) is 14.6. The van der Waals surface area contributed by atoms with E-state index in [0.29, 0.717) is 34.2 Å². The van der Waals surface area contributed by atoms with Gasteiger partial charge in [-0.05, 0) is 70.0 Å². The monoisotopic (exact) mass is 896 g/mol. The van der Waals surface area contributed by atoms with Crippen molar-refractivity contribution in [2.24, 2.45) is 5.92 Å². The fraction of sp³-hybridized carbons (Fsp3) is 0.400. The van der Waals surface area contributed by atoms with Gasteiger partial charge in [0.15, 0.2) is 5.92 Å². The predicted molar refractivity (Wildman–Crippen MR) is 236 cm³/mol. The number of nitrogens with zero attached hydrogens (tertiary/aromatic N) is 1. The molecule has 0 fully saturated rings. The van der Waals surface area contributed by atoms with E-state index in [-0.39, 0.29) is 45.7 Å². The molecule has 64 heavy (non-hydrogen) atoms. The van der Waals surface area contributed by atoms with Gasteiger partial charge < -0.3 is 19.1 Å². The SMILES string of the molecule is CCCOB(OCCC(F)(F)F)n1c(-c2ccc(C(C)(C)C)cc2)cc(-c2ccc(C(C)(C)C)cc2)c1/C(CC(C(F)(F)F)C(F)(F)F)=C1\NC(c2ccc(C)cc2)c2ccccc21. The van der Waals surface area contributed by atoms with Gasteiger partial charge in [0.2, 0.25) is 0 Å². The standard InChI is InChI=1S/C50H54BF9N2O2/c1-9-27-63-51(64-28-26-48(52,53)54)62-41(33-20-24-36(25-21-33)47(6,7)8)29-39(32-18-22-35(23-19-32)46(3,4)5)45(62)40(30-42(49(55,56)57)50(58,59)60)44-38-13-11-10-12-37(38)43(61-44)34-16-14-31(2)15-17-34/h10-25,29,42-43,61H,9,26-28,30H2,1-8H3/b44-40-. The molecule has 0 saturated heterocycles. The summed E-state index contributed by atoms with van der Waals surface area (Å²) < 4.78 is 145. The number of halogens is 9. The number of rotatable bonds is 13. The van der Waals surface area contributed by atoms with Crippen molar-refractivity contribution in [1.29, 1.82) is 0 Å².